The summed E-state index contributed by atoms with van der Waals surface area (Å²) in [5.41, 5.74) is 2.49. The molecule has 1 aliphatic rings. The Kier molecular flexibility index (Phi) is 4.78. The third-order valence-electron chi connectivity index (χ3n) is 3.30. The number of nitrogens with one attached hydrogen (secondary N) is 1. The number of amides is 1. The number of aryl methyl sites for hydroxylation is 1. The molecule has 1 fully saturated rings. The van der Waals surface area contributed by atoms with Gasteiger partial charge in [-0.25, -0.2) is 0 Å². The predicted molar refractivity (Wildman–Crippen MR) is 77.3 cm³/mol. The normalized spacial score (nSPS) is 21.1. The molecule has 0 radical (unpaired) electrons. The molecule has 1 aromatic rings. The topological polar surface area (TPSA) is 58.6 Å². The zero-order valence-corrected chi connectivity index (χ0v) is 11.8. The molecule has 0 spiro atoms. The van der Waals surface area contributed by atoms with Crippen molar-refractivity contribution in [1.82, 2.24) is 0 Å². The van der Waals surface area contributed by atoms with Gasteiger partial charge < -0.3 is 15.2 Å². The van der Waals surface area contributed by atoms with Crippen LogP contribution in [0.4, 0.5) is 5.69 Å². The van der Waals surface area contributed by atoms with Crippen LogP contribution in [-0.4, -0.2) is 30.3 Å². The van der Waals surface area contributed by atoms with Gasteiger partial charge in [0.2, 0.25) is 0 Å². The van der Waals surface area contributed by atoms with Gasteiger partial charge in [-0.05, 0) is 43.0 Å². The molecule has 106 valence electrons. The Bertz CT molecular complexity index is 557. The summed E-state index contributed by atoms with van der Waals surface area (Å²) in [7, 11) is 0. The van der Waals surface area contributed by atoms with Crippen LogP contribution < -0.4 is 5.32 Å². The van der Waals surface area contributed by atoms with Gasteiger partial charge in [0.25, 0.3) is 5.91 Å². The van der Waals surface area contributed by atoms with Gasteiger partial charge in [-0.15, -0.1) is 0 Å². The maximum atomic E-state index is 12.1. The van der Waals surface area contributed by atoms with E-state index in [2.05, 4.69) is 17.2 Å². The van der Waals surface area contributed by atoms with Crippen molar-refractivity contribution in [2.24, 2.45) is 5.92 Å². The quantitative estimate of drug-likeness (QED) is 0.806. The molecule has 1 heterocycles. The molecule has 20 heavy (non-hydrogen) atoms. The van der Waals surface area contributed by atoms with E-state index in [1.807, 2.05) is 26.0 Å². The second-order valence-electron chi connectivity index (χ2n) is 5.09. The lowest BCUT2D eigenvalue weighted by Crippen LogP contribution is -2.31. The minimum atomic E-state index is -0.373. The molecule has 2 rings (SSSR count). The number of carbonyl (C=O) groups excluding carboxylic acids is 1. The fourth-order valence-electron chi connectivity index (χ4n) is 2.31. The molecule has 1 aliphatic heterocycles. The number of hydrogen-bond donors (Lipinski definition) is 2. The highest BCUT2D eigenvalue weighted by atomic mass is 16.5. The lowest BCUT2D eigenvalue weighted by molar-refractivity contribution is -0.126. The van der Waals surface area contributed by atoms with Crippen molar-refractivity contribution in [3.05, 3.63) is 29.3 Å². The first kappa shape index (κ1) is 14.6. The fraction of sp³-hybridized carbons (Fsp3) is 0.438. The van der Waals surface area contributed by atoms with Gasteiger partial charge in [0, 0.05) is 17.9 Å². The number of carbonyl (C=O) groups is 1. The van der Waals surface area contributed by atoms with Crippen LogP contribution in [0, 0.1) is 24.7 Å². The van der Waals surface area contributed by atoms with Crippen LogP contribution in [-0.2, 0) is 9.53 Å². The standard InChI is InChI=1S/C16H19NO3/c1-11-8-13(4-3-6-18)10-14(9-11)17-16(19)15-12(2)5-7-20-15/h8-10,12,15,18H,5-7H2,1-2H3,(H,17,19). The molecule has 1 saturated heterocycles. The van der Waals surface area contributed by atoms with E-state index in [4.69, 9.17) is 9.84 Å². The van der Waals surface area contributed by atoms with Gasteiger partial charge in [-0.2, -0.15) is 0 Å². The molecular weight excluding hydrogens is 254 g/mol. The highest BCUT2D eigenvalue weighted by Gasteiger charge is 2.30. The summed E-state index contributed by atoms with van der Waals surface area (Å²) in [4.78, 5) is 12.1. The number of aliphatic hydroxyl groups excluding tert-OH is 1. The van der Waals surface area contributed by atoms with Crippen LogP contribution in [0.3, 0.4) is 0 Å². The van der Waals surface area contributed by atoms with E-state index in [0.717, 1.165) is 17.5 Å². The zero-order chi connectivity index (χ0) is 14.5. The molecule has 4 nitrogen and oxygen atoms in total. The Morgan fingerprint density at radius 1 is 1.50 bits per heavy atom. The first-order valence-electron chi connectivity index (χ1n) is 6.74. The Labute approximate surface area is 119 Å². The first-order valence-corrected chi connectivity index (χ1v) is 6.74. The Morgan fingerprint density at radius 2 is 2.30 bits per heavy atom. The Morgan fingerprint density at radius 3 is 2.95 bits per heavy atom. The van der Waals surface area contributed by atoms with Gasteiger partial charge in [0.1, 0.15) is 12.7 Å². The van der Waals surface area contributed by atoms with Crippen LogP contribution in [0.15, 0.2) is 18.2 Å². The highest BCUT2D eigenvalue weighted by Crippen LogP contribution is 2.22. The number of rotatable bonds is 2. The highest BCUT2D eigenvalue weighted by molar-refractivity contribution is 5.94. The van der Waals surface area contributed by atoms with E-state index in [9.17, 15) is 4.79 Å². The second kappa shape index (κ2) is 6.56. The van der Waals surface area contributed by atoms with Crippen molar-refractivity contribution >= 4 is 11.6 Å². The first-order chi connectivity index (χ1) is 9.60. The lowest BCUT2D eigenvalue weighted by atomic mass is 10.0. The molecule has 1 amide bonds. The van der Waals surface area contributed by atoms with E-state index in [-0.39, 0.29) is 24.5 Å². The summed E-state index contributed by atoms with van der Waals surface area (Å²) in [6.07, 6.45) is 0.543. The summed E-state index contributed by atoms with van der Waals surface area (Å²) in [6, 6.07) is 5.60. The summed E-state index contributed by atoms with van der Waals surface area (Å²) in [5, 5.41) is 11.6. The van der Waals surface area contributed by atoms with E-state index in [1.165, 1.54) is 0 Å². The summed E-state index contributed by atoms with van der Waals surface area (Å²) >= 11 is 0. The van der Waals surface area contributed by atoms with Gasteiger partial charge in [-0.3, -0.25) is 4.79 Å². The van der Waals surface area contributed by atoms with E-state index in [0.29, 0.717) is 12.3 Å². The summed E-state index contributed by atoms with van der Waals surface area (Å²) in [5.74, 6) is 5.58. The van der Waals surface area contributed by atoms with Crippen LogP contribution >= 0.6 is 0 Å². The van der Waals surface area contributed by atoms with Gasteiger partial charge in [0.05, 0.1) is 0 Å². The third-order valence-corrected chi connectivity index (χ3v) is 3.30. The molecule has 2 unspecified atom stereocenters. The van der Waals surface area contributed by atoms with Crippen LogP contribution in [0.2, 0.25) is 0 Å². The molecule has 2 N–H and O–H groups in total. The summed E-state index contributed by atoms with van der Waals surface area (Å²) in [6.45, 7) is 4.42. The fourth-order valence-corrected chi connectivity index (χ4v) is 2.31. The maximum Gasteiger partial charge on any atom is 0.253 e. The van der Waals surface area contributed by atoms with Crippen LogP contribution in [0.1, 0.15) is 24.5 Å². The minimum Gasteiger partial charge on any atom is -0.384 e. The van der Waals surface area contributed by atoms with Gasteiger partial charge in [0.15, 0.2) is 0 Å². The molecule has 0 aromatic heterocycles. The molecule has 0 saturated carbocycles. The van der Waals surface area contributed by atoms with Crippen molar-refractivity contribution in [3.8, 4) is 11.8 Å². The van der Waals surface area contributed by atoms with Crippen molar-refractivity contribution < 1.29 is 14.6 Å². The summed E-state index contributed by atoms with van der Waals surface area (Å²) < 4.78 is 5.45. The second-order valence-corrected chi connectivity index (χ2v) is 5.09. The predicted octanol–water partition coefficient (Wildman–Crippen LogP) is 1.70. The number of aliphatic hydroxyl groups is 1. The van der Waals surface area contributed by atoms with Crippen molar-refractivity contribution in [2.45, 2.75) is 26.4 Å². The van der Waals surface area contributed by atoms with Crippen molar-refractivity contribution in [2.75, 3.05) is 18.5 Å². The molecule has 0 bridgehead atoms. The monoisotopic (exact) mass is 273 g/mol. The Hall–Kier alpha value is -1.83. The van der Waals surface area contributed by atoms with Gasteiger partial charge >= 0.3 is 0 Å². The smallest absolute Gasteiger partial charge is 0.253 e. The van der Waals surface area contributed by atoms with Crippen molar-refractivity contribution in [3.63, 3.8) is 0 Å². The molecule has 0 aliphatic carbocycles. The van der Waals surface area contributed by atoms with Crippen LogP contribution in [0.25, 0.3) is 0 Å². The average molecular weight is 273 g/mol. The third kappa shape index (κ3) is 3.60. The molecular formula is C16H19NO3. The average Bonchev–Trinajstić information content (AvgIpc) is 2.82. The minimum absolute atomic E-state index is 0.110. The molecule has 2 atom stereocenters. The number of hydrogen-bond acceptors (Lipinski definition) is 3. The number of anilines is 1. The molecule has 1 aromatic carbocycles. The lowest BCUT2D eigenvalue weighted by Gasteiger charge is -2.15. The van der Waals surface area contributed by atoms with E-state index in [1.54, 1.807) is 6.07 Å². The largest absolute Gasteiger partial charge is 0.384 e. The Balaban J connectivity index is 2.12. The maximum absolute atomic E-state index is 12.1. The van der Waals surface area contributed by atoms with Gasteiger partial charge in [-0.1, -0.05) is 18.8 Å². The SMILES string of the molecule is Cc1cc(C#CCO)cc(NC(=O)C2OCCC2C)c1. The van der Waals surface area contributed by atoms with Crippen molar-refractivity contribution in [1.29, 1.82) is 0 Å². The van der Waals surface area contributed by atoms with Crippen LogP contribution in [0.5, 0.6) is 0 Å². The number of benzene rings is 1. The zero-order valence-electron chi connectivity index (χ0n) is 11.8. The van der Waals surface area contributed by atoms with E-state index < -0.39 is 0 Å². The molecule has 4 heteroatoms. The number of ether oxygens (including phenoxy) is 1. The van der Waals surface area contributed by atoms with E-state index >= 15 is 0 Å².